The third-order valence-electron chi connectivity index (χ3n) is 1.13. The first-order valence-electron chi connectivity index (χ1n) is 2.54. The molecule has 1 atom stereocenters. The molecule has 0 amide bonds. The molecule has 0 aromatic heterocycles. The Morgan fingerprint density at radius 1 is 1.75 bits per heavy atom. The monoisotopic (exact) mass is 108 g/mol. The lowest BCUT2D eigenvalue weighted by molar-refractivity contribution is 0.901. The molecule has 0 radical (unpaired) electrons. The van der Waals surface area contributed by atoms with Gasteiger partial charge in [0.05, 0.1) is 6.04 Å². The summed E-state index contributed by atoms with van der Waals surface area (Å²) in [5.74, 6) is 0. The SMILES string of the molecule is C=C1C=NC=NC1C. The van der Waals surface area contributed by atoms with E-state index in [4.69, 9.17) is 0 Å². The van der Waals surface area contributed by atoms with Crippen molar-refractivity contribution in [3.63, 3.8) is 0 Å². The summed E-state index contributed by atoms with van der Waals surface area (Å²) in [5, 5.41) is 0. The van der Waals surface area contributed by atoms with E-state index < -0.39 is 0 Å². The quantitative estimate of drug-likeness (QED) is 0.443. The molecule has 0 aromatic carbocycles. The molecule has 0 aliphatic carbocycles. The lowest BCUT2D eigenvalue weighted by Crippen LogP contribution is -2.06. The Balaban J connectivity index is 2.74. The van der Waals surface area contributed by atoms with E-state index in [0.29, 0.717) is 0 Å². The second kappa shape index (κ2) is 1.90. The van der Waals surface area contributed by atoms with Crippen LogP contribution in [-0.4, -0.2) is 18.6 Å². The van der Waals surface area contributed by atoms with Crippen LogP contribution in [0, 0.1) is 0 Å². The first-order chi connectivity index (χ1) is 3.80. The zero-order valence-corrected chi connectivity index (χ0v) is 4.83. The van der Waals surface area contributed by atoms with Crippen LogP contribution in [0.2, 0.25) is 0 Å². The van der Waals surface area contributed by atoms with Crippen molar-refractivity contribution in [1.82, 2.24) is 0 Å². The summed E-state index contributed by atoms with van der Waals surface area (Å²) in [6, 6.07) is 0.229. The van der Waals surface area contributed by atoms with Gasteiger partial charge < -0.3 is 0 Å². The standard InChI is InChI=1S/C6H8N2/c1-5-3-7-4-8-6(5)2/h3-4,6H,1H2,2H3. The van der Waals surface area contributed by atoms with Crippen LogP contribution < -0.4 is 0 Å². The van der Waals surface area contributed by atoms with Crippen molar-refractivity contribution in [3.05, 3.63) is 12.2 Å². The van der Waals surface area contributed by atoms with Gasteiger partial charge in [0.15, 0.2) is 0 Å². The maximum absolute atomic E-state index is 3.99. The lowest BCUT2D eigenvalue weighted by Gasteiger charge is -2.05. The average Bonchev–Trinajstić information content (AvgIpc) is 1.77. The van der Waals surface area contributed by atoms with Gasteiger partial charge in [0.25, 0.3) is 0 Å². The van der Waals surface area contributed by atoms with Crippen molar-refractivity contribution in [2.45, 2.75) is 13.0 Å². The largest absolute Gasteiger partial charge is 0.266 e. The molecule has 42 valence electrons. The zero-order chi connectivity index (χ0) is 5.98. The summed E-state index contributed by atoms with van der Waals surface area (Å²) in [7, 11) is 0. The van der Waals surface area contributed by atoms with Gasteiger partial charge in [-0.25, -0.2) is 4.99 Å². The topological polar surface area (TPSA) is 24.7 Å². The van der Waals surface area contributed by atoms with Crippen LogP contribution >= 0.6 is 0 Å². The van der Waals surface area contributed by atoms with E-state index in [9.17, 15) is 0 Å². The normalized spacial score (nSPS) is 26.6. The van der Waals surface area contributed by atoms with Crippen molar-refractivity contribution in [2.75, 3.05) is 0 Å². The zero-order valence-electron chi connectivity index (χ0n) is 4.83. The molecule has 1 aliphatic rings. The van der Waals surface area contributed by atoms with Crippen LogP contribution in [0.3, 0.4) is 0 Å². The molecule has 2 heteroatoms. The first-order valence-corrected chi connectivity index (χ1v) is 2.54. The minimum absolute atomic E-state index is 0.229. The van der Waals surface area contributed by atoms with Crippen molar-refractivity contribution in [1.29, 1.82) is 0 Å². The van der Waals surface area contributed by atoms with E-state index in [0.717, 1.165) is 5.57 Å². The van der Waals surface area contributed by atoms with Gasteiger partial charge in [-0.3, -0.25) is 4.99 Å². The van der Waals surface area contributed by atoms with Gasteiger partial charge in [-0.05, 0) is 12.5 Å². The van der Waals surface area contributed by atoms with Crippen LogP contribution in [0.15, 0.2) is 22.1 Å². The molecule has 0 spiro atoms. The number of hydrogen-bond acceptors (Lipinski definition) is 2. The fourth-order valence-electron chi connectivity index (χ4n) is 0.471. The molecular formula is C6H8N2. The average molecular weight is 108 g/mol. The third-order valence-corrected chi connectivity index (χ3v) is 1.13. The molecule has 2 nitrogen and oxygen atoms in total. The van der Waals surface area contributed by atoms with E-state index in [1.807, 2.05) is 6.92 Å². The lowest BCUT2D eigenvalue weighted by atomic mass is 10.2. The second-order valence-electron chi connectivity index (χ2n) is 1.79. The predicted octanol–water partition coefficient (Wildman–Crippen LogP) is 1.04. The summed E-state index contributed by atoms with van der Waals surface area (Å²) >= 11 is 0. The number of hydrogen-bond donors (Lipinski definition) is 0. The van der Waals surface area contributed by atoms with Crippen molar-refractivity contribution < 1.29 is 0 Å². The molecule has 8 heavy (non-hydrogen) atoms. The summed E-state index contributed by atoms with van der Waals surface area (Å²) < 4.78 is 0. The molecule has 0 saturated heterocycles. The summed E-state index contributed by atoms with van der Waals surface area (Å²) in [6.45, 7) is 5.72. The van der Waals surface area contributed by atoms with Crippen molar-refractivity contribution >= 4 is 12.6 Å². The van der Waals surface area contributed by atoms with Gasteiger partial charge in [0.2, 0.25) is 0 Å². The van der Waals surface area contributed by atoms with Gasteiger partial charge in [0.1, 0.15) is 6.34 Å². The fraction of sp³-hybridized carbons (Fsp3) is 0.333. The maximum Gasteiger partial charge on any atom is 0.110 e. The van der Waals surface area contributed by atoms with E-state index >= 15 is 0 Å². The summed E-state index contributed by atoms with van der Waals surface area (Å²) in [6.07, 6.45) is 3.29. The van der Waals surface area contributed by atoms with E-state index in [1.54, 1.807) is 12.6 Å². The first kappa shape index (κ1) is 5.22. The van der Waals surface area contributed by atoms with Crippen molar-refractivity contribution in [3.8, 4) is 0 Å². The van der Waals surface area contributed by atoms with Crippen LogP contribution in [0.4, 0.5) is 0 Å². The van der Waals surface area contributed by atoms with Crippen LogP contribution in [0.5, 0.6) is 0 Å². The number of nitrogens with zero attached hydrogens (tertiary/aromatic N) is 2. The minimum Gasteiger partial charge on any atom is -0.266 e. The molecule has 1 aliphatic heterocycles. The molecule has 1 unspecified atom stereocenters. The predicted molar refractivity (Wildman–Crippen MR) is 35.6 cm³/mol. The molecule has 0 fully saturated rings. The van der Waals surface area contributed by atoms with E-state index in [-0.39, 0.29) is 6.04 Å². The molecule has 0 saturated carbocycles. The highest BCUT2D eigenvalue weighted by atomic mass is 14.9. The Morgan fingerprint density at radius 2 is 2.50 bits per heavy atom. The van der Waals surface area contributed by atoms with Gasteiger partial charge >= 0.3 is 0 Å². The van der Waals surface area contributed by atoms with Gasteiger partial charge in [-0.2, -0.15) is 0 Å². The number of aliphatic imine (C=N–C) groups is 2. The highest BCUT2D eigenvalue weighted by Gasteiger charge is 2.01. The Hall–Kier alpha value is -0.920. The van der Waals surface area contributed by atoms with Gasteiger partial charge in [0, 0.05) is 6.21 Å². The fourth-order valence-corrected chi connectivity index (χ4v) is 0.471. The Labute approximate surface area is 48.7 Å². The second-order valence-corrected chi connectivity index (χ2v) is 1.79. The molecule has 0 N–H and O–H groups in total. The minimum atomic E-state index is 0.229. The molecule has 1 heterocycles. The Kier molecular flexibility index (Phi) is 1.24. The summed E-state index contributed by atoms with van der Waals surface area (Å²) in [4.78, 5) is 7.78. The van der Waals surface area contributed by atoms with Crippen molar-refractivity contribution in [2.24, 2.45) is 9.98 Å². The highest BCUT2D eigenvalue weighted by molar-refractivity contribution is 5.88. The van der Waals surface area contributed by atoms with Gasteiger partial charge in [-0.1, -0.05) is 6.58 Å². The maximum atomic E-state index is 3.99. The summed E-state index contributed by atoms with van der Waals surface area (Å²) in [5.41, 5.74) is 0.979. The molecule has 0 bridgehead atoms. The molecule has 1 rings (SSSR count). The Morgan fingerprint density at radius 3 is 2.88 bits per heavy atom. The molecular weight excluding hydrogens is 100 g/mol. The molecule has 0 aromatic rings. The smallest absolute Gasteiger partial charge is 0.110 e. The Bertz CT molecular complexity index is 156. The number of rotatable bonds is 0. The highest BCUT2D eigenvalue weighted by Crippen LogP contribution is 2.02. The van der Waals surface area contributed by atoms with E-state index in [1.165, 1.54) is 0 Å². The third kappa shape index (κ3) is 0.832. The van der Waals surface area contributed by atoms with Crippen LogP contribution in [0.1, 0.15) is 6.92 Å². The van der Waals surface area contributed by atoms with Crippen LogP contribution in [0.25, 0.3) is 0 Å². The van der Waals surface area contributed by atoms with Crippen LogP contribution in [-0.2, 0) is 0 Å². The van der Waals surface area contributed by atoms with Gasteiger partial charge in [-0.15, -0.1) is 0 Å². The van der Waals surface area contributed by atoms with E-state index in [2.05, 4.69) is 16.6 Å².